The van der Waals surface area contributed by atoms with Gasteiger partial charge in [-0.1, -0.05) is 6.07 Å². The van der Waals surface area contributed by atoms with Gasteiger partial charge in [-0.3, -0.25) is 9.59 Å². The summed E-state index contributed by atoms with van der Waals surface area (Å²) < 4.78 is 5.65. The maximum atomic E-state index is 12.1. The molecule has 0 spiro atoms. The van der Waals surface area contributed by atoms with Gasteiger partial charge < -0.3 is 14.7 Å². The molecular weight excluding hydrogens is 282 g/mol. The number of aliphatic carboxylic acids is 1. The number of nitrogens with zero attached hydrogens (tertiary/aromatic N) is 1. The van der Waals surface area contributed by atoms with E-state index in [1.165, 1.54) is 0 Å². The third kappa shape index (κ3) is 4.48. The molecular formula is C17H23NO4. The molecule has 1 aromatic carbocycles. The van der Waals surface area contributed by atoms with Crippen LogP contribution in [0.25, 0.3) is 0 Å². The van der Waals surface area contributed by atoms with Gasteiger partial charge in [0.15, 0.2) is 0 Å². The normalized spacial score (nSPS) is 15.6. The van der Waals surface area contributed by atoms with Gasteiger partial charge in [-0.05, 0) is 49.9 Å². The zero-order valence-electron chi connectivity index (χ0n) is 13.2. The van der Waals surface area contributed by atoms with E-state index in [9.17, 15) is 9.59 Å². The van der Waals surface area contributed by atoms with Crippen LogP contribution in [0.5, 0.6) is 5.75 Å². The molecule has 0 aromatic heterocycles. The zero-order chi connectivity index (χ0) is 16.1. The topological polar surface area (TPSA) is 66.8 Å². The van der Waals surface area contributed by atoms with Gasteiger partial charge in [-0.2, -0.15) is 0 Å². The molecule has 1 heterocycles. The molecule has 0 saturated carbocycles. The molecule has 22 heavy (non-hydrogen) atoms. The van der Waals surface area contributed by atoms with Crippen LogP contribution in [0.4, 0.5) is 0 Å². The van der Waals surface area contributed by atoms with Crippen LogP contribution >= 0.6 is 0 Å². The molecule has 5 nitrogen and oxygen atoms in total. The summed E-state index contributed by atoms with van der Waals surface area (Å²) in [6.45, 7) is 5.43. The number of hydrogen-bond acceptors (Lipinski definition) is 3. The number of carbonyl (C=O) groups excluding carboxylic acids is 1. The summed E-state index contributed by atoms with van der Waals surface area (Å²) in [5.41, 5.74) is 2.27. The van der Waals surface area contributed by atoms with Crippen molar-refractivity contribution in [3.63, 3.8) is 0 Å². The van der Waals surface area contributed by atoms with Crippen LogP contribution < -0.4 is 4.74 Å². The highest BCUT2D eigenvalue weighted by Crippen LogP contribution is 2.19. The lowest BCUT2D eigenvalue weighted by Gasteiger charge is -2.30. The number of piperidine rings is 1. The van der Waals surface area contributed by atoms with Gasteiger partial charge in [0.1, 0.15) is 5.75 Å². The van der Waals surface area contributed by atoms with E-state index in [1.807, 2.05) is 26.0 Å². The Balaban J connectivity index is 1.75. The molecule has 1 aromatic rings. The fraction of sp³-hybridized carbons (Fsp3) is 0.529. The molecule has 0 unspecified atom stereocenters. The molecule has 0 aliphatic carbocycles. The van der Waals surface area contributed by atoms with E-state index in [0.717, 1.165) is 16.9 Å². The summed E-state index contributed by atoms with van der Waals surface area (Å²) in [6, 6.07) is 5.98. The van der Waals surface area contributed by atoms with E-state index in [0.29, 0.717) is 39.0 Å². The fourth-order valence-electron chi connectivity index (χ4n) is 2.81. The second-order valence-corrected chi connectivity index (χ2v) is 5.92. The van der Waals surface area contributed by atoms with Crippen molar-refractivity contribution < 1.29 is 19.4 Å². The summed E-state index contributed by atoms with van der Waals surface area (Å²) in [7, 11) is 0. The first-order chi connectivity index (χ1) is 10.5. The van der Waals surface area contributed by atoms with Crippen molar-refractivity contribution in [3.8, 4) is 5.75 Å². The highest BCUT2D eigenvalue weighted by molar-refractivity contribution is 5.77. The molecule has 120 valence electrons. The third-order valence-electron chi connectivity index (χ3n) is 3.98. The summed E-state index contributed by atoms with van der Waals surface area (Å²) >= 11 is 0. The molecule has 1 amide bonds. The first-order valence-electron chi connectivity index (χ1n) is 7.67. The minimum absolute atomic E-state index is 0.0354. The number of benzene rings is 1. The molecule has 1 N–H and O–H groups in total. The Hall–Kier alpha value is -2.04. The Morgan fingerprint density at radius 2 is 1.77 bits per heavy atom. The van der Waals surface area contributed by atoms with E-state index in [1.54, 1.807) is 4.90 Å². The number of likely N-dealkylation sites (tertiary alicyclic amines) is 1. The second kappa shape index (κ2) is 7.29. The largest absolute Gasteiger partial charge is 0.493 e. The van der Waals surface area contributed by atoms with Crippen molar-refractivity contribution in [3.05, 3.63) is 29.3 Å². The van der Waals surface area contributed by atoms with Gasteiger partial charge in [0.2, 0.25) is 5.91 Å². The first-order valence-corrected chi connectivity index (χ1v) is 7.67. The predicted molar refractivity (Wildman–Crippen MR) is 83.0 cm³/mol. The number of carboxylic acid groups (broad SMARTS) is 1. The number of ether oxygens (including phenoxy) is 1. The fourth-order valence-corrected chi connectivity index (χ4v) is 2.81. The average molecular weight is 305 g/mol. The van der Waals surface area contributed by atoms with Gasteiger partial charge in [-0.15, -0.1) is 0 Å². The number of hydrogen-bond donors (Lipinski definition) is 1. The van der Waals surface area contributed by atoms with Gasteiger partial charge in [0.25, 0.3) is 0 Å². The average Bonchev–Trinajstić information content (AvgIpc) is 2.46. The Kier molecular flexibility index (Phi) is 5.41. The van der Waals surface area contributed by atoms with Crippen molar-refractivity contribution in [2.75, 3.05) is 19.7 Å². The quantitative estimate of drug-likeness (QED) is 0.907. The Morgan fingerprint density at radius 1 is 1.18 bits per heavy atom. The minimum Gasteiger partial charge on any atom is -0.493 e. The van der Waals surface area contributed by atoms with E-state index in [2.05, 4.69) is 6.07 Å². The van der Waals surface area contributed by atoms with Crippen LogP contribution in [0.15, 0.2) is 18.2 Å². The van der Waals surface area contributed by atoms with E-state index < -0.39 is 5.97 Å². The van der Waals surface area contributed by atoms with Gasteiger partial charge in [0, 0.05) is 13.1 Å². The van der Waals surface area contributed by atoms with Gasteiger partial charge in [0.05, 0.1) is 18.9 Å². The van der Waals surface area contributed by atoms with Crippen LogP contribution in [0, 0.1) is 19.8 Å². The third-order valence-corrected chi connectivity index (χ3v) is 3.98. The predicted octanol–water partition coefficient (Wildman–Crippen LogP) is 2.40. The Morgan fingerprint density at radius 3 is 2.32 bits per heavy atom. The SMILES string of the molecule is Cc1cc(C)cc(OCCC(=O)N2CCC(C(=O)O)CC2)c1. The summed E-state index contributed by atoms with van der Waals surface area (Å²) in [5, 5.41) is 8.95. The standard InChI is InChI=1S/C17H23NO4/c1-12-9-13(2)11-15(10-12)22-8-5-16(19)18-6-3-14(4-7-18)17(20)21/h9-11,14H,3-8H2,1-2H3,(H,20,21). The van der Waals surface area contributed by atoms with Crippen molar-refractivity contribution in [2.24, 2.45) is 5.92 Å². The van der Waals surface area contributed by atoms with Crippen molar-refractivity contribution in [1.29, 1.82) is 0 Å². The van der Waals surface area contributed by atoms with Gasteiger partial charge >= 0.3 is 5.97 Å². The zero-order valence-corrected chi connectivity index (χ0v) is 13.2. The maximum absolute atomic E-state index is 12.1. The van der Waals surface area contributed by atoms with Crippen LogP contribution in [0.2, 0.25) is 0 Å². The van der Waals surface area contributed by atoms with E-state index in [4.69, 9.17) is 9.84 Å². The van der Waals surface area contributed by atoms with Crippen molar-refractivity contribution >= 4 is 11.9 Å². The summed E-state index contributed by atoms with van der Waals surface area (Å²) in [6.07, 6.45) is 1.41. The highest BCUT2D eigenvalue weighted by atomic mass is 16.5. The van der Waals surface area contributed by atoms with Crippen LogP contribution in [-0.2, 0) is 9.59 Å². The van der Waals surface area contributed by atoms with Crippen molar-refractivity contribution in [1.82, 2.24) is 4.90 Å². The lowest BCUT2D eigenvalue weighted by Crippen LogP contribution is -2.40. The Bertz CT molecular complexity index is 527. The molecule has 0 atom stereocenters. The molecule has 1 saturated heterocycles. The lowest BCUT2D eigenvalue weighted by molar-refractivity contribution is -0.145. The Labute approximate surface area is 130 Å². The number of aryl methyl sites for hydroxylation is 2. The van der Waals surface area contributed by atoms with Crippen LogP contribution in [-0.4, -0.2) is 41.6 Å². The van der Waals surface area contributed by atoms with Crippen molar-refractivity contribution in [2.45, 2.75) is 33.1 Å². The van der Waals surface area contributed by atoms with E-state index in [-0.39, 0.29) is 11.8 Å². The smallest absolute Gasteiger partial charge is 0.306 e. The molecule has 0 bridgehead atoms. The number of amides is 1. The number of carbonyl (C=O) groups is 2. The molecule has 1 aliphatic rings. The molecule has 0 radical (unpaired) electrons. The van der Waals surface area contributed by atoms with E-state index >= 15 is 0 Å². The van der Waals surface area contributed by atoms with Gasteiger partial charge in [-0.25, -0.2) is 0 Å². The number of rotatable bonds is 5. The van der Waals surface area contributed by atoms with Crippen LogP contribution in [0.3, 0.4) is 0 Å². The summed E-state index contributed by atoms with van der Waals surface area (Å²) in [4.78, 5) is 24.7. The highest BCUT2D eigenvalue weighted by Gasteiger charge is 2.26. The molecule has 1 aliphatic heterocycles. The molecule has 5 heteroatoms. The molecule has 2 rings (SSSR count). The maximum Gasteiger partial charge on any atom is 0.306 e. The second-order valence-electron chi connectivity index (χ2n) is 5.92. The summed E-state index contributed by atoms with van der Waals surface area (Å²) in [5.74, 6) is -0.246. The minimum atomic E-state index is -0.759. The number of carboxylic acids is 1. The molecule has 1 fully saturated rings. The first kappa shape index (κ1) is 16.3. The monoisotopic (exact) mass is 305 g/mol. The van der Waals surface area contributed by atoms with Crippen LogP contribution in [0.1, 0.15) is 30.4 Å². The lowest BCUT2D eigenvalue weighted by atomic mass is 9.97.